The number of amides is 1. The third kappa shape index (κ3) is 5.38. The van der Waals surface area contributed by atoms with Gasteiger partial charge in [-0.25, -0.2) is 0 Å². The summed E-state index contributed by atoms with van der Waals surface area (Å²) in [7, 11) is 1.56. The molecule has 0 aliphatic carbocycles. The van der Waals surface area contributed by atoms with Gasteiger partial charge in [-0.05, 0) is 30.7 Å². The molecule has 1 atom stereocenters. The number of carbonyl (C=O) groups is 1. The maximum atomic E-state index is 11.7. The Hall–Kier alpha value is -2.10. The first-order valence-corrected chi connectivity index (χ1v) is 5.82. The van der Waals surface area contributed by atoms with Crippen molar-refractivity contribution in [3.8, 4) is 11.8 Å². The molecular formula is C13H17N3O3. The maximum absolute atomic E-state index is 11.7. The van der Waals surface area contributed by atoms with Crippen molar-refractivity contribution in [2.45, 2.75) is 12.5 Å². The summed E-state index contributed by atoms with van der Waals surface area (Å²) < 4.78 is 9.96. The summed E-state index contributed by atoms with van der Waals surface area (Å²) in [5.41, 5.74) is 6.32. The fourth-order valence-electron chi connectivity index (χ4n) is 1.36. The minimum absolute atomic E-state index is 0.00635. The van der Waals surface area contributed by atoms with E-state index in [2.05, 4.69) is 5.32 Å². The van der Waals surface area contributed by atoms with Gasteiger partial charge in [0.15, 0.2) is 6.61 Å². The number of methoxy groups -OCH3 is 1. The molecule has 0 aliphatic rings. The number of nitriles is 1. The van der Waals surface area contributed by atoms with Gasteiger partial charge in [-0.15, -0.1) is 0 Å². The van der Waals surface area contributed by atoms with Crippen molar-refractivity contribution in [1.82, 2.24) is 0 Å². The van der Waals surface area contributed by atoms with Crippen molar-refractivity contribution in [3.63, 3.8) is 0 Å². The zero-order valence-corrected chi connectivity index (χ0v) is 10.8. The Bertz CT molecular complexity index is 439. The van der Waals surface area contributed by atoms with Crippen LogP contribution in [0.15, 0.2) is 24.3 Å². The third-order valence-corrected chi connectivity index (χ3v) is 2.39. The van der Waals surface area contributed by atoms with E-state index in [9.17, 15) is 4.79 Å². The second kappa shape index (κ2) is 8.08. The Morgan fingerprint density at radius 3 is 2.74 bits per heavy atom. The number of benzene rings is 1. The standard InChI is InChI=1S/C13H17N3O3/c1-18-8-6-12(15)13(17)16-10-2-4-11(5-3-10)19-9-7-14/h2-5,12H,6,8-9,15H2,1H3,(H,16,17). The van der Waals surface area contributed by atoms with Gasteiger partial charge < -0.3 is 20.5 Å². The van der Waals surface area contributed by atoms with E-state index in [1.807, 2.05) is 6.07 Å². The average Bonchev–Trinajstić information content (AvgIpc) is 2.43. The van der Waals surface area contributed by atoms with E-state index in [0.717, 1.165) is 0 Å². The quantitative estimate of drug-likeness (QED) is 0.761. The summed E-state index contributed by atoms with van der Waals surface area (Å²) in [5, 5.41) is 11.1. The van der Waals surface area contributed by atoms with E-state index in [0.29, 0.717) is 24.5 Å². The lowest BCUT2D eigenvalue weighted by Gasteiger charge is -2.12. The number of hydrogen-bond donors (Lipinski definition) is 2. The number of nitrogens with zero attached hydrogens (tertiary/aromatic N) is 1. The van der Waals surface area contributed by atoms with Crippen molar-refractivity contribution in [2.24, 2.45) is 5.73 Å². The minimum Gasteiger partial charge on any atom is -0.479 e. The van der Waals surface area contributed by atoms with Gasteiger partial charge in [0.25, 0.3) is 0 Å². The molecule has 0 heterocycles. The van der Waals surface area contributed by atoms with E-state index in [4.69, 9.17) is 20.5 Å². The highest BCUT2D eigenvalue weighted by Gasteiger charge is 2.12. The number of nitrogens with two attached hydrogens (primary N) is 1. The molecule has 1 amide bonds. The lowest BCUT2D eigenvalue weighted by Crippen LogP contribution is -2.36. The summed E-state index contributed by atoms with van der Waals surface area (Å²) in [5.74, 6) is 0.311. The lowest BCUT2D eigenvalue weighted by atomic mass is 10.2. The first kappa shape index (κ1) is 15.0. The Labute approximate surface area is 112 Å². The molecule has 102 valence electrons. The van der Waals surface area contributed by atoms with Crippen LogP contribution in [0.2, 0.25) is 0 Å². The number of nitrogens with one attached hydrogen (secondary N) is 1. The van der Waals surface area contributed by atoms with E-state index < -0.39 is 6.04 Å². The molecule has 19 heavy (non-hydrogen) atoms. The highest BCUT2D eigenvalue weighted by atomic mass is 16.5. The van der Waals surface area contributed by atoms with Crippen LogP contribution in [0.5, 0.6) is 5.75 Å². The summed E-state index contributed by atoms with van der Waals surface area (Å²) in [4.78, 5) is 11.7. The molecular weight excluding hydrogens is 246 g/mol. The van der Waals surface area contributed by atoms with Crippen molar-refractivity contribution < 1.29 is 14.3 Å². The van der Waals surface area contributed by atoms with Crippen LogP contribution in [0.25, 0.3) is 0 Å². The van der Waals surface area contributed by atoms with Gasteiger partial charge in [0, 0.05) is 19.4 Å². The molecule has 0 aromatic heterocycles. The third-order valence-electron chi connectivity index (χ3n) is 2.39. The molecule has 0 radical (unpaired) electrons. The van der Waals surface area contributed by atoms with Crippen LogP contribution in [0.3, 0.4) is 0 Å². The van der Waals surface area contributed by atoms with Gasteiger partial charge >= 0.3 is 0 Å². The zero-order chi connectivity index (χ0) is 14.1. The Kier molecular flexibility index (Phi) is 6.36. The van der Waals surface area contributed by atoms with Crippen LogP contribution in [0.1, 0.15) is 6.42 Å². The van der Waals surface area contributed by atoms with Crippen molar-refractivity contribution >= 4 is 11.6 Å². The Balaban J connectivity index is 2.48. The zero-order valence-electron chi connectivity index (χ0n) is 10.8. The van der Waals surface area contributed by atoms with Gasteiger partial charge in [0.2, 0.25) is 5.91 Å². The summed E-state index contributed by atoms with van der Waals surface area (Å²) in [6.07, 6.45) is 0.464. The smallest absolute Gasteiger partial charge is 0.241 e. The minimum atomic E-state index is -0.602. The predicted octanol–water partition coefficient (Wildman–Crippen LogP) is 0.891. The van der Waals surface area contributed by atoms with Crippen molar-refractivity contribution in [1.29, 1.82) is 5.26 Å². The molecule has 1 rings (SSSR count). The highest BCUT2D eigenvalue weighted by molar-refractivity contribution is 5.94. The van der Waals surface area contributed by atoms with Gasteiger partial charge in [0.05, 0.1) is 6.04 Å². The van der Waals surface area contributed by atoms with E-state index in [1.54, 1.807) is 31.4 Å². The van der Waals surface area contributed by atoms with E-state index >= 15 is 0 Å². The number of rotatable bonds is 7. The number of carbonyl (C=O) groups excluding carboxylic acids is 1. The fraction of sp³-hybridized carbons (Fsp3) is 0.385. The monoisotopic (exact) mass is 263 g/mol. The van der Waals surface area contributed by atoms with E-state index in [-0.39, 0.29) is 12.5 Å². The molecule has 0 fully saturated rings. The van der Waals surface area contributed by atoms with Gasteiger partial charge in [-0.2, -0.15) is 5.26 Å². The number of anilines is 1. The Morgan fingerprint density at radius 2 is 2.16 bits per heavy atom. The van der Waals surface area contributed by atoms with Gasteiger partial charge in [0.1, 0.15) is 11.8 Å². The first-order valence-electron chi connectivity index (χ1n) is 5.82. The maximum Gasteiger partial charge on any atom is 0.241 e. The summed E-state index contributed by atoms with van der Waals surface area (Å²) in [6, 6.07) is 8.00. The molecule has 0 spiro atoms. The van der Waals surface area contributed by atoms with Crippen molar-refractivity contribution in [3.05, 3.63) is 24.3 Å². The summed E-state index contributed by atoms with van der Waals surface area (Å²) in [6.45, 7) is 0.434. The fourth-order valence-corrected chi connectivity index (χ4v) is 1.36. The van der Waals surface area contributed by atoms with Crippen LogP contribution >= 0.6 is 0 Å². The topological polar surface area (TPSA) is 97.4 Å². The molecule has 0 bridgehead atoms. The largest absolute Gasteiger partial charge is 0.479 e. The molecule has 1 aromatic carbocycles. The van der Waals surface area contributed by atoms with Gasteiger partial charge in [-0.1, -0.05) is 0 Å². The SMILES string of the molecule is COCCC(N)C(=O)Nc1ccc(OCC#N)cc1. The molecule has 0 saturated carbocycles. The molecule has 6 nitrogen and oxygen atoms in total. The normalized spacial score (nSPS) is 11.4. The molecule has 6 heteroatoms. The van der Waals surface area contributed by atoms with Crippen LogP contribution in [-0.2, 0) is 9.53 Å². The average molecular weight is 263 g/mol. The number of ether oxygens (including phenoxy) is 2. The first-order chi connectivity index (χ1) is 9.17. The second-order valence-electron chi connectivity index (χ2n) is 3.85. The molecule has 1 aromatic rings. The van der Waals surface area contributed by atoms with Crippen LogP contribution in [0.4, 0.5) is 5.69 Å². The highest BCUT2D eigenvalue weighted by Crippen LogP contribution is 2.15. The number of hydrogen-bond acceptors (Lipinski definition) is 5. The Morgan fingerprint density at radius 1 is 1.47 bits per heavy atom. The van der Waals surface area contributed by atoms with Crippen LogP contribution in [0, 0.1) is 11.3 Å². The second-order valence-corrected chi connectivity index (χ2v) is 3.85. The van der Waals surface area contributed by atoms with Gasteiger partial charge in [-0.3, -0.25) is 4.79 Å². The van der Waals surface area contributed by atoms with Crippen LogP contribution in [-0.4, -0.2) is 32.3 Å². The lowest BCUT2D eigenvalue weighted by molar-refractivity contribution is -0.117. The molecule has 1 unspecified atom stereocenters. The summed E-state index contributed by atoms with van der Waals surface area (Å²) >= 11 is 0. The van der Waals surface area contributed by atoms with Crippen LogP contribution < -0.4 is 15.8 Å². The molecule has 0 saturated heterocycles. The van der Waals surface area contributed by atoms with Crippen molar-refractivity contribution in [2.75, 3.05) is 25.6 Å². The predicted molar refractivity (Wildman–Crippen MR) is 70.6 cm³/mol. The van der Waals surface area contributed by atoms with E-state index in [1.165, 1.54) is 0 Å². The molecule has 3 N–H and O–H groups in total. The molecule has 0 aliphatic heterocycles.